The lowest BCUT2D eigenvalue weighted by atomic mass is 10.3. The van der Waals surface area contributed by atoms with Crippen LogP contribution in [0, 0.1) is 0 Å². The lowest BCUT2D eigenvalue weighted by molar-refractivity contribution is -0.286. The molecule has 0 aliphatic carbocycles. The van der Waals surface area contributed by atoms with Gasteiger partial charge < -0.3 is 18.9 Å². The van der Waals surface area contributed by atoms with Gasteiger partial charge in [-0.2, -0.15) is 0 Å². The third-order valence-corrected chi connectivity index (χ3v) is 1.74. The molecule has 7 heteroatoms. The van der Waals surface area contributed by atoms with Crippen LogP contribution in [0.2, 0.25) is 0 Å². The summed E-state index contributed by atoms with van der Waals surface area (Å²) in [5.74, 6) is -0.305. The van der Waals surface area contributed by atoms with E-state index in [9.17, 15) is 13.6 Å². The number of hydrogen-bond donors (Lipinski definition) is 0. The minimum atomic E-state index is -3.69. The van der Waals surface area contributed by atoms with Crippen LogP contribution in [0.1, 0.15) is 0 Å². The smallest absolute Gasteiger partial charge is 0.437 e. The molecule has 1 aromatic carbocycles. The van der Waals surface area contributed by atoms with Crippen molar-refractivity contribution in [1.29, 1.82) is 0 Å². The van der Waals surface area contributed by atoms with Gasteiger partial charge in [-0.15, -0.1) is 8.78 Å². The Morgan fingerprint density at radius 1 is 1.31 bits per heavy atom. The number of carbonyl (C=O) groups is 1. The molecule has 0 saturated carbocycles. The van der Waals surface area contributed by atoms with Crippen LogP contribution in [0.15, 0.2) is 18.2 Å². The maximum atomic E-state index is 12.6. The van der Waals surface area contributed by atoms with Crippen LogP contribution in [-0.2, 0) is 4.74 Å². The molecule has 2 rings (SSSR count). The molecular formula is C9H6F2O5. The molecule has 1 aliphatic rings. The Morgan fingerprint density at radius 3 is 2.69 bits per heavy atom. The van der Waals surface area contributed by atoms with Crippen molar-refractivity contribution in [1.82, 2.24) is 0 Å². The molecule has 0 amide bonds. The van der Waals surface area contributed by atoms with Gasteiger partial charge in [-0.1, -0.05) is 0 Å². The molecule has 0 bridgehead atoms. The van der Waals surface area contributed by atoms with Crippen LogP contribution in [0.4, 0.5) is 13.6 Å². The van der Waals surface area contributed by atoms with Gasteiger partial charge in [-0.05, 0) is 12.1 Å². The van der Waals surface area contributed by atoms with E-state index in [1.807, 2.05) is 0 Å². The van der Waals surface area contributed by atoms with E-state index >= 15 is 0 Å². The molecule has 16 heavy (non-hydrogen) atoms. The number of halogens is 2. The van der Waals surface area contributed by atoms with Crippen LogP contribution in [0.25, 0.3) is 0 Å². The van der Waals surface area contributed by atoms with Crippen molar-refractivity contribution in [2.75, 3.05) is 7.11 Å². The number of carbonyl (C=O) groups excluding carboxylic acids is 1. The molecule has 0 atom stereocenters. The van der Waals surface area contributed by atoms with Crippen molar-refractivity contribution >= 4 is 6.16 Å². The summed E-state index contributed by atoms with van der Waals surface area (Å²) >= 11 is 0. The molecule has 0 aromatic heterocycles. The van der Waals surface area contributed by atoms with Gasteiger partial charge in [0.25, 0.3) is 0 Å². The van der Waals surface area contributed by atoms with E-state index in [1.165, 1.54) is 12.1 Å². The van der Waals surface area contributed by atoms with Crippen LogP contribution in [0.5, 0.6) is 17.2 Å². The third-order valence-electron chi connectivity index (χ3n) is 1.74. The molecule has 1 aromatic rings. The maximum Gasteiger partial charge on any atom is 0.586 e. The van der Waals surface area contributed by atoms with E-state index in [0.29, 0.717) is 0 Å². The number of fused-ring (bicyclic) bond motifs is 1. The second kappa shape index (κ2) is 3.51. The zero-order valence-corrected chi connectivity index (χ0v) is 8.03. The topological polar surface area (TPSA) is 54.0 Å². The Labute approximate surface area is 88.5 Å². The van der Waals surface area contributed by atoms with Crippen LogP contribution in [0.3, 0.4) is 0 Å². The molecule has 0 unspecified atom stereocenters. The normalized spacial score (nSPS) is 15.7. The van der Waals surface area contributed by atoms with E-state index in [4.69, 9.17) is 0 Å². The molecule has 0 radical (unpaired) electrons. The van der Waals surface area contributed by atoms with Crippen molar-refractivity contribution in [2.45, 2.75) is 6.29 Å². The summed E-state index contributed by atoms with van der Waals surface area (Å²) in [4.78, 5) is 10.7. The minimum Gasteiger partial charge on any atom is -0.437 e. The van der Waals surface area contributed by atoms with Crippen molar-refractivity contribution in [3.8, 4) is 17.2 Å². The average molecular weight is 232 g/mol. The van der Waals surface area contributed by atoms with Crippen molar-refractivity contribution in [3.05, 3.63) is 18.2 Å². The Balaban J connectivity index is 2.19. The summed E-state index contributed by atoms with van der Waals surface area (Å²) in [6.45, 7) is 0. The Bertz CT molecular complexity index is 432. The number of benzene rings is 1. The van der Waals surface area contributed by atoms with Gasteiger partial charge >= 0.3 is 12.5 Å². The third kappa shape index (κ3) is 1.97. The van der Waals surface area contributed by atoms with Crippen molar-refractivity contribution < 1.29 is 32.5 Å². The highest BCUT2D eigenvalue weighted by atomic mass is 19.3. The van der Waals surface area contributed by atoms with Gasteiger partial charge in [0, 0.05) is 6.07 Å². The van der Waals surface area contributed by atoms with E-state index in [-0.39, 0.29) is 17.2 Å². The molecule has 1 heterocycles. The average Bonchev–Trinajstić information content (AvgIpc) is 2.51. The van der Waals surface area contributed by atoms with Gasteiger partial charge in [-0.3, -0.25) is 0 Å². The van der Waals surface area contributed by atoms with Gasteiger partial charge in [0.05, 0.1) is 7.11 Å². The zero-order chi connectivity index (χ0) is 11.8. The maximum absolute atomic E-state index is 12.6. The summed E-state index contributed by atoms with van der Waals surface area (Å²) in [6.07, 6.45) is -4.64. The van der Waals surface area contributed by atoms with Crippen molar-refractivity contribution in [2.24, 2.45) is 0 Å². The number of hydrogen-bond acceptors (Lipinski definition) is 5. The minimum absolute atomic E-state index is 0.0203. The first kappa shape index (κ1) is 10.5. The molecule has 5 nitrogen and oxygen atoms in total. The standard InChI is InChI=1S/C9H6F2O5/c1-13-8(12)14-5-2-3-6-7(4-5)16-9(10,11)15-6/h2-4H,1H3. The fraction of sp³-hybridized carbons (Fsp3) is 0.222. The largest absolute Gasteiger partial charge is 0.586 e. The quantitative estimate of drug-likeness (QED) is 0.548. The Hall–Kier alpha value is -2.05. The number of methoxy groups -OCH3 is 1. The van der Waals surface area contributed by atoms with E-state index in [0.717, 1.165) is 13.2 Å². The highest BCUT2D eigenvalue weighted by molar-refractivity contribution is 5.64. The highest BCUT2D eigenvalue weighted by Gasteiger charge is 2.43. The van der Waals surface area contributed by atoms with E-state index in [2.05, 4.69) is 18.9 Å². The van der Waals surface area contributed by atoms with E-state index in [1.54, 1.807) is 0 Å². The van der Waals surface area contributed by atoms with Crippen LogP contribution in [-0.4, -0.2) is 19.6 Å². The fourth-order valence-corrected chi connectivity index (χ4v) is 1.13. The summed E-state index contributed by atoms with van der Waals surface area (Å²) < 4.78 is 42.4. The molecule has 0 saturated heterocycles. The molecule has 1 aliphatic heterocycles. The molecule has 0 spiro atoms. The second-order valence-electron chi connectivity index (χ2n) is 2.83. The number of rotatable bonds is 1. The van der Waals surface area contributed by atoms with E-state index < -0.39 is 12.5 Å². The predicted molar refractivity (Wildman–Crippen MR) is 45.7 cm³/mol. The highest BCUT2D eigenvalue weighted by Crippen LogP contribution is 2.42. The van der Waals surface area contributed by atoms with Crippen molar-refractivity contribution in [3.63, 3.8) is 0 Å². The Kier molecular flexibility index (Phi) is 2.30. The van der Waals surface area contributed by atoms with Gasteiger partial charge in [-0.25, -0.2) is 4.79 Å². The lowest BCUT2D eigenvalue weighted by Gasteiger charge is -2.04. The molecule has 0 N–H and O–H groups in total. The fourth-order valence-electron chi connectivity index (χ4n) is 1.13. The monoisotopic (exact) mass is 232 g/mol. The van der Waals surface area contributed by atoms with Crippen LogP contribution < -0.4 is 14.2 Å². The predicted octanol–water partition coefficient (Wildman–Crippen LogP) is 2.15. The molecule has 0 fully saturated rings. The van der Waals surface area contributed by atoms with Gasteiger partial charge in [0.2, 0.25) is 0 Å². The lowest BCUT2D eigenvalue weighted by Crippen LogP contribution is -2.25. The molecular weight excluding hydrogens is 226 g/mol. The summed E-state index contributed by atoms with van der Waals surface area (Å²) in [5.41, 5.74) is 0. The second-order valence-corrected chi connectivity index (χ2v) is 2.83. The first-order valence-corrected chi connectivity index (χ1v) is 4.16. The first-order chi connectivity index (χ1) is 7.50. The summed E-state index contributed by atoms with van der Waals surface area (Å²) in [7, 11) is 1.13. The number of ether oxygens (including phenoxy) is 4. The van der Waals surface area contributed by atoms with Gasteiger partial charge in [0.1, 0.15) is 5.75 Å². The first-order valence-electron chi connectivity index (χ1n) is 4.16. The zero-order valence-electron chi connectivity index (χ0n) is 8.03. The number of alkyl halides is 2. The summed E-state index contributed by atoms with van der Waals surface area (Å²) in [6, 6.07) is 3.59. The molecule has 86 valence electrons. The Morgan fingerprint density at radius 2 is 2.00 bits per heavy atom. The summed E-state index contributed by atoms with van der Waals surface area (Å²) in [5, 5.41) is 0. The SMILES string of the molecule is COC(=O)Oc1ccc2c(c1)OC(F)(F)O2. The van der Waals surface area contributed by atoms with Gasteiger partial charge in [0.15, 0.2) is 11.5 Å². The van der Waals surface area contributed by atoms with Crippen LogP contribution >= 0.6 is 0 Å².